The van der Waals surface area contributed by atoms with E-state index in [1.807, 2.05) is 42.5 Å². The molecule has 0 atom stereocenters. The first kappa shape index (κ1) is 18.0. The van der Waals surface area contributed by atoms with E-state index in [1.165, 1.54) is 16.9 Å². The van der Waals surface area contributed by atoms with Gasteiger partial charge in [0.1, 0.15) is 0 Å². The summed E-state index contributed by atoms with van der Waals surface area (Å²) in [6, 6.07) is 13.7. The highest BCUT2D eigenvalue weighted by Gasteiger charge is 2.11. The van der Waals surface area contributed by atoms with E-state index in [9.17, 15) is 4.79 Å². The lowest BCUT2D eigenvalue weighted by Crippen LogP contribution is -2.24. The predicted molar refractivity (Wildman–Crippen MR) is 105 cm³/mol. The number of hydrogen-bond donors (Lipinski definition) is 3. The Labute approximate surface area is 156 Å². The predicted octanol–water partition coefficient (Wildman–Crippen LogP) is 2.68. The van der Waals surface area contributed by atoms with Crippen molar-refractivity contribution in [3.05, 3.63) is 64.7 Å². The van der Waals surface area contributed by atoms with Crippen LogP contribution < -0.4 is 16.4 Å². The quantitative estimate of drug-likeness (QED) is 0.597. The van der Waals surface area contributed by atoms with E-state index in [0.29, 0.717) is 23.9 Å². The van der Waals surface area contributed by atoms with Gasteiger partial charge in [0, 0.05) is 26.3 Å². The molecular formula is C19H21N5OS. The fraction of sp³-hybridized carbons (Fsp3) is 0.211. The Morgan fingerprint density at radius 2 is 1.88 bits per heavy atom. The van der Waals surface area contributed by atoms with E-state index >= 15 is 0 Å². The molecule has 0 saturated carbocycles. The second-order valence-electron chi connectivity index (χ2n) is 5.71. The normalized spacial score (nSPS) is 10.5. The fourth-order valence-electron chi connectivity index (χ4n) is 2.46. The van der Waals surface area contributed by atoms with Crippen molar-refractivity contribution in [1.29, 1.82) is 0 Å². The lowest BCUT2D eigenvalue weighted by atomic mass is 10.1. The minimum Gasteiger partial charge on any atom is -0.357 e. The first-order valence-electron chi connectivity index (χ1n) is 8.36. The van der Waals surface area contributed by atoms with E-state index < -0.39 is 0 Å². The lowest BCUT2D eigenvalue weighted by molar-refractivity contribution is 0.0958. The molecule has 7 heteroatoms. The molecule has 0 radical (unpaired) electrons. The van der Waals surface area contributed by atoms with E-state index in [2.05, 4.69) is 20.6 Å². The molecule has 0 spiro atoms. The van der Waals surface area contributed by atoms with Gasteiger partial charge in [-0.25, -0.2) is 9.97 Å². The van der Waals surface area contributed by atoms with Gasteiger partial charge in [-0.1, -0.05) is 24.3 Å². The number of aromatic nitrogens is 2. The highest BCUT2D eigenvalue weighted by atomic mass is 32.1. The number of benzene rings is 1. The van der Waals surface area contributed by atoms with Gasteiger partial charge in [0.25, 0.3) is 5.91 Å². The Bertz CT molecular complexity index is 876. The Morgan fingerprint density at radius 3 is 2.62 bits per heavy atom. The summed E-state index contributed by atoms with van der Waals surface area (Å²) in [5.41, 5.74) is 8.68. The topological polar surface area (TPSA) is 92.9 Å². The van der Waals surface area contributed by atoms with Crippen LogP contribution in [0.25, 0.3) is 10.6 Å². The van der Waals surface area contributed by atoms with Gasteiger partial charge in [0.05, 0.1) is 15.4 Å². The summed E-state index contributed by atoms with van der Waals surface area (Å²) in [6.07, 6.45) is 2.48. The zero-order chi connectivity index (χ0) is 18.4. The fourth-order valence-corrected chi connectivity index (χ4v) is 3.36. The largest absolute Gasteiger partial charge is 0.357 e. The van der Waals surface area contributed by atoms with Crippen LogP contribution in [0.3, 0.4) is 0 Å². The molecule has 1 amide bonds. The summed E-state index contributed by atoms with van der Waals surface area (Å²) in [5, 5.41) is 5.88. The molecule has 0 aliphatic carbocycles. The van der Waals surface area contributed by atoms with Crippen LogP contribution in [0.1, 0.15) is 20.8 Å². The lowest BCUT2D eigenvalue weighted by Gasteiger charge is -2.05. The Kier molecular flexibility index (Phi) is 5.93. The molecule has 0 saturated heterocycles. The van der Waals surface area contributed by atoms with Gasteiger partial charge in [-0.2, -0.15) is 0 Å². The third kappa shape index (κ3) is 4.44. The highest BCUT2D eigenvalue weighted by Crippen LogP contribution is 2.26. The monoisotopic (exact) mass is 367 g/mol. The van der Waals surface area contributed by atoms with E-state index in [-0.39, 0.29) is 5.91 Å². The Morgan fingerprint density at radius 1 is 1.12 bits per heavy atom. The number of rotatable bonds is 7. The number of nitrogens with one attached hydrogen (secondary N) is 2. The minimum atomic E-state index is -0.0669. The first-order valence-corrected chi connectivity index (χ1v) is 9.18. The molecule has 3 aromatic rings. The molecule has 6 nitrogen and oxygen atoms in total. The molecule has 134 valence electrons. The van der Waals surface area contributed by atoms with Gasteiger partial charge < -0.3 is 16.4 Å². The van der Waals surface area contributed by atoms with Gasteiger partial charge >= 0.3 is 0 Å². The third-order valence-electron chi connectivity index (χ3n) is 3.92. The van der Waals surface area contributed by atoms with Crippen LogP contribution >= 0.6 is 11.3 Å². The minimum absolute atomic E-state index is 0.0669. The number of carbonyl (C=O) groups excluding carboxylic acids is 1. The molecular weight excluding hydrogens is 346 g/mol. The molecule has 0 unspecified atom stereocenters. The van der Waals surface area contributed by atoms with Crippen LogP contribution in [0.5, 0.6) is 0 Å². The molecule has 2 aromatic heterocycles. The highest BCUT2D eigenvalue weighted by molar-refractivity contribution is 7.17. The maximum Gasteiger partial charge on any atom is 0.261 e. The van der Waals surface area contributed by atoms with E-state index in [0.717, 1.165) is 22.6 Å². The molecule has 0 bridgehead atoms. The summed E-state index contributed by atoms with van der Waals surface area (Å²) >= 11 is 1.42. The third-order valence-corrected chi connectivity index (χ3v) is 5.03. The van der Waals surface area contributed by atoms with Gasteiger partial charge in [0.15, 0.2) is 0 Å². The number of carbonyl (C=O) groups is 1. The van der Waals surface area contributed by atoms with E-state index in [4.69, 9.17) is 5.73 Å². The first-order chi connectivity index (χ1) is 12.7. The SMILES string of the molecule is CNc1nccc(-c2ccc(C(=O)NCCc3ccc(CN)cc3)s2)n1. The number of hydrogen-bond acceptors (Lipinski definition) is 6. The Balaban J connectivity index is 1.57. The van der Waals surface area contributed by atoms with Gasteiger partial charge in [-0.15, -0.1) is 11.3 Å². The second kappa shape index (κ2) is 8.55. The molecule has 1 aromatic carbocycles. The zero-order valence-corrected chi connectivity index (χ0v) is 15.3. The second-order valence-corrected chi connectivity index (χ2v) is 6.79. The van der Waals surface area contributed by atoms with Crippen LogP contribution in [0.4, 0.5) is 5.95 Å². The summed E-state index contributed by atoms with van der Waals surface area (Å²) in [4.78, 5) is 22.4. The summed E-state index contributed by atoms with van der Waals surface area (Å²) in [5.74, 6) is 0.491. The maximum atomic E-state index is 12.3. The van der Waals surface area contributed by atoms with Crippen molar-refractivity contribution in [2.24, 2.45) is 5.73 Å². The summed E-state index contributed by atoms with van der Waals surface area (Å²) in [6.45, 7) is 1.13. The van der Waals surface area contributed by atoms with Crippen LogP contribution in [0.15, 0.2) is 48.7 Å². The van der Waals surface area contributed by atoms with Gasteiger partial charge in [-0.05, 0) is 35.7 Å². The summed E-state index contributed by atoms with van der Waals surface area (Å²) < 4.78 is 0. The molecule has 0 aliphatic rings. The molecule has 2 heterocycles. The average molecular weight is 367 g/mol. The van der Waals surface area contributed by atoms with Crippen molar-refractivity contribution < 1.29 is 4.79 Å². The van der Waals surface area contributed by atoms with Crippen molar-refractivity contribution >= 4 is 23.2 Å². The van der Waals surface area contributed by atoms with Crippen molar-refractivity contribution in [2.75, 3.05) is 18.9 Å². The van der Waals surface area contributed by atoms with Crippen molar-refractivity contribution in [2.45, 2.75) is 13.0 Å². The Hall–Kier alpha value is -2.77. The zero-order valence-electron chi connectivity index (χ0n) is 14.5. The smallest absolute Gasteiger partial charge is 0.261 e. The number of nitrogens with two attached hydrogens (primary N) is 1. The van der Waals surface area contributed by atoms with Crippen molar-refractivity contribution in [1.82, 2.24) is 15.3 Å². The van der Waals surface area contributed by atoms with Crippen LogP contribution in [-0.4, -0.2) is 29.5 Å². The standard InChI is InChI=1S/C19H21N5OS/c1-21-19-23-11-9-15(24-19)16-6-7-17(26-16)18(25)22-10-8-13-2-4-14(12-20)5-3-13/h2-7,9,11H,8,10,12,20H2,1H3,(H,22,25)(H,21,23,24). The molecule has 3 rings (SSSR count). The number of anilines is 1. The van der Waals surface area contributed by atoms with Gasteiger partial charge in [0.2, 0.25) is 5.95 Å². The van der Waals surface area contributed by atoms with E-state index in [1.54, 1.807) is 13.2 Å². The molecule has 26 heavy (non-hydrogen) atoms. The van der Waals surface area contributed by atoms with Gasteiger partial charge in [-0.3, -0.25) is 4.79 Å². The number of amides is 1. The van der Waals surface area contributed by atoms with Crippen molar-refractivity contribution in [3.8, 4) is 10.6 Å². The molecule has 0 aliphatic heterocycles. The molecule has 4 N–H and O–H groups in total. The molecule has 0 fully saturated rings. The number of nitrogens with zero attached hydrogens (tertiary/aromatic N) is 2. The van der Waals surface area contributed by atoms with Crippen molar-refractivity contribution in [3.63, 3.8) is 0 Å². The average Bonchev–Trinajstić information content (AvgIpc) is 3.19. The van der Waals surface area contributed by atoms with Crippen LogP contribution in [-0.2, 0) is 13.0 Å². The maximum absolute atomic E-state index is 12.3. The van der Waals surface area contributed by atoms with Crippen LogP contribution in [0.2, 0.25) is 0 Å². The van der Waals surface area contributed by atoms with Crippen LogP contribution in [0, 0.1) is 0 Å². The summed E-state index contributed by atoms with van der Waals surface area (Å²) in [7, 11) is 1.77. The number of thiophene rings is 1.